The van der Waals surface area contributed by atoms with Gasteiger partial charge >= 0.3 is 0 Å². The van der Waals surface area contributed by atoms with Gasteiger partial charge in [0.2, 0.25) is 59.1 Å². The van der Waals surface area contributed by atoms with Crippen LogP contribution in [0.25, 0.3) is 0 Å². The van der Waals surface area contributed by atoms with Crippen LogP contribution in [-0.4, -0.2) is 198 Å². The van der Waals surface area contributed by atoms with Gasteiger partial charge in [-0.05, 0) is 0 Å². The Hall–Kier alpha value is -4.94. The lowest BCUT2D eigenvalue weighted by atomic mass is 10.3. The van der Waals surface area contributed by atoms with Gasteiger partial charge in [0.15, 0.2) is 5.37 Å². The van der Waals surface area contributed by atoms with E-state index in [2.05, 4.69) is 53.2 Å². The average molecular weight is 926 g/mol. The zero-order chi connectivity index (χ0) is 44.8. The highest BCUT2D eigenvalue weighted by Gasteiger charge is 2.28. The number of amides is 11. The van der Waals surface area contributed by atoms with Gasteiger partial charge in [-0.2, -0.15) is 0 Å². The Morgan fingerprint density at radius 3 is 1.75 bits per heavy atom. The van der Waals surface area contributed by atoms with Gasteiger partial charge in [0.25, 0.3) is 5.91 Å². The molecule has 0 aromatic carbocycles. The molecule has 0 aromatic heterocycles. The summed E-state index contributed by atoms with van der Waals surface area (Å²) in [5.41, 5.74) is 4.92. The summed E-state index contributed by atoms with van der Waals surface area (Å²) in [7, 11) is 1.66. The first-order chi connectivity index (χ1) is 29.2. The summed E-state index contributed by atoms with van der Waals surface area (Å²) in [6.45, 7) is -2.05. The molecule has 1 unspecified atom stereocenters. The van der Waals surface area contributed by atoms with Gasteiger partial charge in [-0.3, -0.25) is 52.7 Å². The molecule has 0 saturated carbocycles. The van der Waals surface area contributed by atoms with Crippen molar-refractivity contribution < 1.29 is 71.7 Å². The summed E-state index contributed by atoms with van der Waals surface area (Å²) in [6.07, 6.45) is 0. The van der Waals surface area contributed by atoms with Crippen LogP contribution in [0.2, 0.25) is 0 Å². The van der Waals surface area contributed by atoms with Crippen molar-refractivity contribution in [1.82, 2.24) is 53.2 Å². The normalized spacial score (nSPS) is 20.8. The number of carbonyl (C=O) groups is 11. The molecule has 0 radical (unpaired) electrons. The zero-order valence-electron chi connectivity index (χ0n) is 32.9. The number of primary amides is 1. The van der Waals surface area contributed by atoms with E-state index in [0.29, 0.717) is 0 Å². The van der Waals surface area contributed by atoms with E-state index < -0.39 is 115 Å². The molecule has 342 valence electrons. The van der Waals surface area contributed by atoms with Crippen molar-refractivity contribution in [2.24, 2.45) is 5.73 Å². The monoisotopic (exact) mass is 925 g/mol. The fraction of sp³-hybridized carbons (Fsp3) is 0.656. The third-order valence-corrected chi connectivity index (χ3v) is 10.8. The van der Waals surface area contributed by atoms with Crippen LogP contribution in [0.1, 0.15) is 0 Å². The van der Waals surface area contributed by atoms with E-state index in [1.165, 1.54) is 0 Å². The molecule has 2 bridgehead atoms. The summed E-state index contributed by atoms with van der Waals surface area (Å²) >= 11 is 0.959. The number of ether oxygens (including phenoxy) is 4. The topological polar surface area (TPSA) is 371 Å². The molecular weight excluding hydrogens is 875 g/mol. The van der Waals surface area contributed by atoms with Crippen LogP contribution in [0.15, 0.2) is 0 Å². The molecular formula is C32H51N11O15S3. The molecule has 0 aliphatic carbocycles. The van der Waals surface area contributed by atoms with Crippen molar-refractivity contribution in [3.8, 4) is 0 Å². The Kier molecular flexibility index (Phi) is 26.5. The first-order valence-corrected chi connectivity index (χ1v) is 22.0. The number of rotatable bonds is 17. The van der Waals surface area contributed by atoms with Crippen LogP contribution in [-0.2, 0) is 71.7 Å². The van der Waals surface area contributed by atoms with E-state index in [-0.39, 0.29) is 83.2 Å². The van der Waals surface area contributed by atoms with E-state index >= 15 is 0 Å². The second kappa shape index (κ2) is 31.0. The van der Waals surface area contributed by atoms with E-state index in [1.807, 2.05) is 0 Å². The molecule has 2 heterocycles. The Bertz CT molecular complexity index is 1550. The lowest BCUT2D eigenvalue weighted by molar-refractivity contribution is -0.131. The van der Waals surface area contributed by atoms with Gasteiger partial charge in [0.05, 0.1) is 78.1 Å². The van der Waals surface area contributed by atoms with Crippen molar-refractivity contribution in [1.29, 1.82) is 0 Å². The third kappa shape index (κ3) is 25.4. The largest absolute Gasteiger partial charge is 0.377 e. The van der Waals surface area contributed by atoms with Crippen molar-refractivity contribution in [2.75, 3.05) is 116 Å². The molecule has 2 saturated heterocycles. The SMILES string of the molecule is NC(=O)COCC(=O)NCCOCCOCCOCCNC(=O)C1CSCC(=O)NCC(=O)N[C@H]2SSC[C@H](NC(=O)CNC(=O)CNC(=O)CNC2=O)C(=O)NCC(=O)N1. The molecule has 26 nitrogen and oxygen atoms in total. The number of hydrogen-bond donors (Lipinski definition) is 11. The molecule has 2 fully saturated rings. The quantitative estimate of drug-likeness (QED) is 0.0477. The fourth-order valence-corrected chi connectivity index (χ4v) is 7.63. The minimum Gasteiger partial charge on any atom is -0.377 e. The summed E-state index contributed by atoms with van der Waals surface area (Å²) in [4.78, 5) is 136. The van der Waals surface area contributed by atoms with Gasteiger partial charge in [0.1, 0.15) is 25.3 Å². The Labute approximate surface area is 361 Å². The first kappa shape index (κ1) is 52.2. The highest BCUT2D eigenvalue weighted by Crippen LogP contribution is 2.26. The Balaban J connectivity index is 1.90. The van der Waals surface area contributed by atoms with Crippen molar-refractivity contribution in [3.05, 3.63) is 0 Å². The highest BCUT2D eigenvalue weighted by molar-refractivity contribution is 8.77. The number of fused-ring (bicyclic) bond motifs is 4. The summed E-state index contributed by atoms with van der Waals surface area (Å²) in [6, 6.07) is -2.50. The van der Waals surface area contributed by atoms with E-state index in [4.69, 9.17) is 24.7 Å². The lowest BCUT2D eigenvalue weighted by Gasteiger charge is -2.21. The highest BCUT2D eigenvalue weighted by atomic mass is 33.1. The van der Waals surface area contributed by atoms with Crippen LogP contribution in [0, 0.1) is 0 Å². The first-order valence-electron chi connectivity index (χ1n) is 18.5. The number of hydrogen-bond acceptors (Lipinski definition) is 18. The van der Waals surface area contributed by atoms with E-state index in [1.54, 1.807) is 0 Å². The fourth-order valence-electron chi connectivity index (χ4n) is 4.36. The summed E-state index contributed by atoms with van der Waals surface area (Å²) < 4.78 is 21.0. The maximum atomic E-state index is 13.2. The Morgan fingerprint density at radius 2 is 1.10 bits per heavy atom. The average Bonchev–Trinajstić information content (AvgIpc) is 3.22. The molecule has 29 heteroatoms. The van der Waals surface area contributed by atoms with Crippen LogP contribution < -0.4 is 58.9 Å². The van der Waals surface area contributed by atoms with E-state index in [9.17, 15) is 52.7 Å². The van der Waals surface area contributed by atoms with Crippen LogP contribution in [0.3, 0.4) is 0 Å². The number of thioether (sulfide) groups is 1. The summed E-state index contributed by atoms with van der Waals surface area (Å²) in [5.74, 6) is -8.35. The number of nitrogens with two attached hydrogens (primary N) is 1. The van der Waals surface area contributed by atoms with Gasteiger partial charge in [-0.15, -0.1) is 11.8 Å². The lowest BCUT2D eigenvalue weighted by Crippen LogP contribution is -2.54. The van der Waals surface area contributed by atoms with Crippen LogP contribution in [0.4, 0.5) is 0 Å². The minimum atomic E-state index is -1.34. The zero-order valence-corrected chi connectivity index (χ0v) is 35.3. The maximum absolute atomic E-state index is 13.2. The summed E-state index contributed by atoms with van der Waals surface area (Å²) in [5, 5.41) is 22.8. The van der Waals surface area contributed by atoms with Crippen molar-refractivity contribution in [3.63, 3.8) is 0 Å². The molecule has 2 rings (SSSR count). The van der Waals surface area contributed by atoms with Crippen molar-refractivity contribution >= 4 is 98.3 Å². The van der Waals surface area contributed by atoms with Gasteiger partial charge < -0.3 is 77.8 Å². The van der Waals surface area contributed by atoms with Crippen LogP contribution >= 0.6 is 33.3 Å². The van der Waals surface area contributed by atoms with Crippen LogP contribution in [0.5, 0.6) is 0 Å². The number of carbonyl (C=O) groups excluding carboxylic acids is 11. The molecule has 3 atom stereocenters. The predicted octanol–water partition coefficient (Wildman–Crippen LogP) is -8.09. The standard InChI is InChI=1S/C32H51N11O15S3/c33-21(44)14-58-15-27(50)34-1-3-55-5-7-57-8-6-56-4-2-35-29(52)19-16-59-18-28(51)38-12-26(49)43-32-31(54)40-10-23(46)36-9-22(45)37-11-24(47)42-20(17-60-61-32)30(53)39-13-25(48)41-19/h19-20,32H,1-18H2,(H2,33,44)(H,34,50)(H,35,52)(H,36,46)(H,37,45)(H,38,51)(H,39,53)(H,40,54)(H,41,48)(H,42,47)(H,43,49)/t19?,20-,32-/m0/s1. The molecule has 2 aliphatic rings. The number of nitrogens with one attached hydrogen (secondary N) is 10. The third-order valence-electron chi connectivity index (χ3n) is 7.27. The van der Waals surface area contributed by atoms with Crippen molar-refractivity contribution in [2.45, 2.75) is 17.5 Å². The minimum absolute atomic E-state index is 0.0357. The second-order valence-electron chi connectivity index (χ2n) is 12.3. The van der Waals surface area contributed by atoms with Gasteiger partial charge in [-0.1, -0.05) is 21.6 Å². The molecule has 0 spiro atoms. The second-order valence-corrected chi connectivity index (χ2v) is 15.8. The smallest absolute Gasteiger partial charge is 0.254 e. The maximum Gasteiger partial charge on any atom is 0.254 e. The molecule has 61 heavy (non-hydrogen) atoms. The molecule has 12 N–H and O–H groups in total. The van der Waals surface area contributed by atoms with Gasteiger partial charge in [0, 0.05) is 24.6 Å². The molecule has 2 aliphatic heterocycles. The molecule has 11 amide bonds. The van der Waals surface area contributed by atoms with E-state index in [0.717, 1.165) is 33.3 Å². The molecule has 0 aromatic rings. The Morgan fingerprint density at radius 1 is 0.574 bits per heavy atom. The predicted molar refractivity (Wildman–Crippen MR) is 217 cm³/mol. The van der Waals surface area contributed by atoms with Gasteiger partial charge in [-0.25, -0.2) is 0 Å².